The predicted molar refractivity (Wildman–Crippen MR) is 87.7 cm³/mol. The molecule has 4 nitrogen and oxygen atoms in total. The minimum Gasteiger partial charge on any atom is -0.385 e. The van der Waals surface area contributed by atoms with Crippen molar-refractivity contribution in [3.05, 3.63) is 60.4 Å². The maximum atomic E-state index is 4.49. The summed E-state index contributed by atoms with van der Waals surface area (Å²) < 4.78 is 0. The van der Waals surface area contributed by atoms with Gasteiger partial charge < -0.3 is 10.6 Å². The number of fused-ring (bicyclic) bond motifs is 1. The average molecular weight is 278 g/mol. The lowest BCUT2D eigenvalue weighted by molar-refractivity contribution is 1.02. The van der Waals surface area contributed by atoms with Crippen LogP contribution in [0.1, 0.15) is 5.56 Å². The third-order valence-electron chi connectivity index (χ3n) is 3.46. The number of nitrogens with one attached hydrogen (secondary N) is 2. The third kappa shape index (κ3) is 3.11. The van der Waals surface area contributed by atoms with Gasteiger partial charge >= 0.3 is 0 Å². The van der Waals surface area contributed by atoms with E-state index < -0.39 is 0 Å². The van der Waals surface area contributed by atoms with E-state index in [0.29, 0.717) is 0 Å². The van der Waals surface area contributed by atoms with Crippen molar-refractivity contribution >= 4 is 22.4 Å². The molecule has 0 fully saturated rings. The zero-order chi connectivity index (χ0) is 14.5. The van der Waals surface area contributed by atoms with Crippen LogP contribution >= 0.6 is 0 Å². The van der Waals surface area contributed by atoms with E-state index in [1.54, 1.807) is 6.20 Å². The van der Waals surface area contributed by atoms with Gasteiger partial charge in [0.05, 0.1) is 5.52 Å². The molecule has 0 aliphatic heterocycles. The molecular formula is C17H18N4. The molecule has 2 N–H and O–H groups in total. The van der Waals surface area contributed by atoms with Gasteiger partial charge in [0.15, 0.2) is 0 Å². The summed E-state index contributed by atoms with van der Waals surface area (Å²) in [4.78, 5) is 8.69. The Labute approximate surface area is 124 Å². The highest BCUT2D eigenvalue weighted by molar-refractivity contribution is 5.81. The Kier molecular flexibility index (Phi) is 3.96. The Bertz CT molecular complexity index is 734. The largest absolute Gasteiger partial charge is 0.385 e. The summed E-state index contributed by atoms with van der Waals surface area (Å²) in [6, 6.07) is 14.4. The van der Waals surface area contributed by atoms with Gasteiger partial charge in [-0.2, -0.15) is 0 Å². The lowest BCUT2D eigenvalue weighted by atomic mass is 10.1. The molecule has 0 amide bonds. The monoisotopic (exact) mass is 278 g/mol. The first-order valence-electron chi connectivity index (χ1n) is 7.07. The average Bonchev–Trinajstić information content (AvgIpc) is 2.55. The molecule has 0 unspecified atom stereocenters. The van der Waals surface area contributed by atoms with Crippen molar-refractivity contribution in [1.29, 1.82) is 0 Å². The van der Waals surface area contributed by atoms with Crippen molar-refractivity contribution in [2.75, 3.05) is 24.2 Å². The summed E-state index contributed by atoms with van der Waals surface area (Å²) in [7, 11) is 1.87. The first-order chi connectivity index (χ1) is 10.4. The number of hydrogen-bond acceptors (Lipinski definition) is 4. The summed E-state index contributed by atoms with van der Waals surface area (Å²) in [5, 5.41) is 7.65. The molecule has 1 aromatic carbocycles. The van der Waals surface area contributed by atoms with Crippen molar-refractivity contribution in [2.45, 2.75) is 6.42 Å². The quantitative estimate of drug-likeness (QED) is 0.751. The van der Waals surface area contributed by atoms with Crippen LogP contribution in [0.2, 0.25) is 0 Å². The van der Waals surface area contributed by atoms with Crippen LogP contribution in [-0.2, 0) is 6.42 Å². The highest BCUT2D eigenvalue weighted by Gasteiger charge is 2.01. The summed E-state index contributed by atoms with van der Waals surface area (Å²) in [6.07, 6.45) is 4.58. The topological polar surface area (TPSA) is 49.8 Å². The van der Waals surface area contributed by atoms with Gasteiger partial charge in [-0.25, -0.2) is 4.98 Å². The fourth-order valence-electron chi connectivity index (χ4n) is 2.39. The number of aromatic nitrogens is 2. The normalized spacial score (nSPS) is 10.5. The minimum atomic E-state index is 0.864. The molecule has 2 aromatic heterocycles. The number of anilines is 2. The SMILES string of the molecule is CNc1cc(NCCc2cccc3cccnc23)ccn1. The Hall–Kier alpha value is -2.62. The van der Waals surface area contributed by atoms with Gasteiger partial charge in [0.2, 0.25) is 0 Å². The van der Waals surface area contributed by atoms with Crippen molar-refractivity contribution in [3.8, 4) is 0 Å². The molecule has 0 spiro atoms. The molecule has 3 aromatic rings. The second-order valence-electron chi connectivity index (χ2n) is 4.85. The molecule has 3 rings (SSSR count). The second kappa shape index (κ2) is 6.22. The molecular weight excluding hydrogens is 260 g/mol. The lowest BCUT2D eigenvalue weighted by Gasteiger charge is -2.09. The van der Waals surface area contributed by atoms with Gasteiger partial charge in [0, 0.05) is 43.1 Å². The van der Waals surface area contributed by atoms with Gasteiger partial charge in [-0.15, -0.1) is 0 Å². The van der Waals surface area contributed by atoms with Crippen molar-refractivity contribution in [3.63, 3.8) is 0 Å². The summed E-state index contributed by atoms with van der Waals surface area (Å²) in [5.41, 5.74) is 3.43. The highest BCUT2D eigenvalue weighted by atomic mass is 15.0. The van der Waals surface area contributed by atoms with E-state index in [1.807, 2.05) is 31.4 Å². The second-order valence-corrected chi connectivity index (χ2v) is 4.85. The van der Waals surface area contributed by atoms with E-state index in [0.717, 1.165) is 30.0 Å². The number of rotatable bonds is 5. The maximum absolute atomic E-state index is 4.49. The minimum absolute atomic E-state index is 0.864. The zero-order valence-corrected chi connectivity index (χ0v) is 12.0. The van der Waals surface area contributed by atoms with E-state index in [9.17, 15) is 0 Å². The lowest BCUT2D eigenvalue weighted by Crippen LogP contribution is -2.06. The van der Waals surface area contributed by atoms with Crippen LogP contribution < -0.4 is 10.6 Å². The van der Waals surface area contributed by atoms with Gasteiger partial charge in [0.1, 0.15) is 5.82 Å². The number of hydrogen-bond donors (Lipinski definition) is 2. The molecule has 4 heteroatoms. The van der Waals surface area contributed by atoms with E-state index >= 15 is 0 Å². The fourth-order valence-corrected chi connectivity index (χ4v) is 2.39. The first kappa shape index (κ1) is 13.4. The molecule has 0 bridgehead atoms. The van der Waals surface area contributed by atoms with Crippen LogP contribution in [0.15, 0.2) is 54.9 Å². The molecule has 21 heavy (non-hydrogen) atoms. The van der Waals surface area contributed by atoms with Crippen molar-refractivity contribution in [1.82, 2.24) is 9.97 Å². The Morgan fingerprint density at radius 2 is 1.90 bits per heavy atom. The summed E-state index contributed by atoms with van der Waals surface area (Å²) in [5.74, 6) is 0.867. The number of nitrogens with zero attached hydrogens (tertiary/aromatic N) is 2. The Balaban J connectivity index is 1.69. The van der Waals surface area contributed by atoms with E-state index in [1.165, 1.54) is 10.9 Å². The molecule has 0 aliphatic carbocycles. The van der Waals surface area contributed by atoms with Crippen LogP contribution in [0.4, 0.5) is 11.5 Å². The van der Waals surface area contributed by atoms with Gasteiger partial charge in [-0.05, 0) is 24.1 Å². The Morgan fingerprint density at radius 1 is 1.00 bits per heavy atom. The van der Waals surface area contributed by atoms with Crippen molar-refractivity contribution in [2.24, 2.45) is 0 Å². The molecule has 0 saturated heterocycles. The molecule has 0 radical (unpaired) electrons. The Morgan fingerprint density at radius 3 is 2.81 bits per heavy atom. The van der Waals surface area contributed by atoms with E-state index in [2.05, 4.69) is 44.9 Å². The highest BCUT2D eigenvalue weighted by Crippen LogP contribution is 2.17. The molecule has 106 valence electrons. The van der Waals surface area contributed by atoms with Crippen molar-refractivity contribution < 1.29 is 0 Å². The summed E-state index contributed by atoms with van der Waals surface area (Å²) >= 11 is 0. The van der Waals surface area contributed by atoms with Crippen LogP contribution in [0.3, 0.4) is 0 Å². The molecule has 0 aliphatic rings. The first-order valence-corrected chi connectivity index (χ1v) is 7.07. The predicted octanol–water partition coefficient (Wildman–Crippen LogP) is 3.33. The number of pyridine rings is 2. The third-order valence-corrected chi connectivity index (χ3v) is 3.46. The molecule has 0 saturated carbocycles. The maximum Gasteiger partial charge on any atom is 0.127 e. The zero-order valence-electron chi connectivity index (χ0n) is 12.0. The molecule has 2 heterocycles. The summed E-state index contributed by atoms with van der Waals surface area (Å²) in [6.45, 7) is 0.864. The van der Waals surface area contributed by atoms with Gasteiger partial charge in [0.25, 0.3) is 0 Å². The van der Waals surface area contributed by atoms with Crippen LogP contribution in [0.25, 0.3) is 10.9 Å². The fraction of sp³-hybridized carbons (Fsp3) is 0.176. The van der Waals surface area contributed by atoms with E-state index in [4.69, 9.17) is 0 Å². The molecule has 0 atom stereocenters. The number of benzene rings is 1. The van der Waals surface area contributed by atoms with Gasteiger partial charge in [-0.1, -0.05) is 24.3 Å². The van der Waals surface area contributed by atoms with Crippen LogP contribution in [0.5, 0.6) is 0 Å². The van der Waals surface area contributed by atoms with Crippen LogP contribution in [-0.4, -0.2) is 23.6 Å². The number of para-hydroxylation sites is 1. The van der Waals surface area contributed by atoms with Crippen LogP contribution in [0, 0.1) is 0 Å². The smallest absolute Gasteiger partial charge is 0.127 e. The van der Waals surface area contributed by atoms with E-state index in [-0.39, 0.29) is 0 Å². The van der Waals surface area contributed by atoms with Gasteiger partial charge in [-0.3, -0.25) is 4.98 Å². The standard InChI is InChI=1S/C17H18N4/c1-18-16-12-15(8-11-20-16)19-10-7-14-5-2-4-13-6-3-9-21-17(13)14/h2-6,8-9,11-12H,7,10H2,1H3,(H2,18,19,20).